The molecule has 1 aliphatic carbocycles. The third-order valence-corrected chi connectivity index (χ3v) is 5.91. The van der Waals surface area contributed by atoms with Gasteiger partial charge in [0.25, 0.3) is 0 Å². The number of nitrogens with zero attached hydrogens (tertiary/aromatic N) is 2. The van der Waals surface area contributed by atoms with Crippen molar-refractivity contribution in [3.63, 3.8) is 0 Å². The molecule has 0 saturated heterocycles. The van der Waals surface area contributed by atoms with E-state index in [1.807, 2.05) is 42.7 Å². The second-order valence-corrected chi connectivity index (χ2v) is 8.00. The molecule has 1 heterocycles. The number of rotatable bonds is 7. The molecule has 3 aromatic rings. The summed E-state index contributed by atoms with van der Waals surface area (Å²) >= 11 is 1.38. The fourth-order valence-corrected chi connectivity index (χ4v) is 4.07. The third-order valence-electron chi connectivity index (χ3n) is 5.34. The van der Waals surface area contributed by atoms with E-state index in [1.165, 1.54) is 24.2 Å². The number of hydrogen-bond donors (Lipinski definition) is 3. The van der Waals surface area contributed by atoms with Gasteiger partial charge in [0.15, 0.2) is 5.16 Å². The van der Waals surface area contributed by atoms with Crippen molar-refractivity contribution in [1.82, 2.24) is 15.3 Å². The van der Waals surface area contributed by atoms with Crippen LogP contribution in [0.25, 0.3) is 11.1 Å². The van der Waals surface area contributed by atoms with Crippen LogP contribution < -0.4 is 5.32 Å². The summed E-state index contributed by atoms with van der Waals surface area (Å²) in [7, 11) is 0. The van der Waals surface area contributed by atoms with Gasteiger partial charge >= 0.3 is 6.09 Å². The summed E-state index contributed by atoms with van der Waals surface area (Å²) in [5, 5.41) is 23.5. The van der Waals surface area contributed by atoms with Gasteiger partial charge in [-0.15, -0.1) is 0 Å². The smallest absolute Gasteiger partial charge is 0.407 e. The Morgan fingerprint density at radius 3 is 2.23 bits per heavy atom. The Balaban J connectivity index is 1.32. The van der Waals surface area contributed by atoms with Crippen LogP contribution in [0.15, 0.2) is 66.1 Å². The highest BCUT2D eigenvalue weighted by molar-refractivity contribution is 7.98. The van der Waals surface area contributed by atoms with Gasteiger partial charge in [0, 0.05) is 30.4 Å². The number of aromatic nitrogens is 2. The number of benzene rings is 2. The van der Waals surface area contributed by atoms with Crippen molar-refractivity contribution in [2.75, 3.05) is 19.4 Å². The zero-order valence-electron chi connectivity index (χ0n) is 16.9. The van der Waals surface area contributed by atoms with Crippen LogP contribution in [-0.2, 0) is 4.74 Å². The number of hydrogen-bond acceptors (Lipinski definition) is 7. The molecule has 4 rings (SSSR count). The second kappa shape index (κ2) is 9.47. The van der Waals surface area contributed by atoms with Crippen molar-refractivity contribution < 1.29 is 19.7 Å². The molecule has 2 atom stereocenters. The minimum atomic E-state index is -1.22. The van der Waals surface area contributed by atoms with Gasteiger partial charge in [-0.1, -0.05) is 60.3 Å². The highest BCUT2D eigenvalue weighted by Gasteiger charge is 2.29. The van der Waals surface area contributed by atoms with Crippen molar-refractivity contribution in [2.45, 2.75) is 23.3 Å². The van der Waals surface area contributed by atoms with Crippen LogP contribution in [0.5, 0.6) is 0 Å². The number of alkyl carbamates (subject to hydrolysis) is 1. The predicted molar refractivity (Wildman–Crippen MR) is 118 cm³/mol. The quantitative estimate of drug-likeness (QED) is 0.385. The van der Waals surface area contributed by atoms with Gasteiger partial charge in [0.1, 0.15) is 18.8 Å². The highest BCUT2D eigenvalue weighted by atomic mass is 32.2. The summed E-state index contributed by atoms with van der Waals surface area (Å²) in [5.74, 6) is -0.0410. The van der Waals surface area contributed by atoms with Crippen LogP contribution in [0.4, 0.5) is 4.79 Å². The van der Waals surface area contributed by atoms with Crippen LogP contribution in [0.2, 0.25) is 0 Å². The monoisotopic (exact) mass is 437 g/mol. The number of thioether (sulfide) groups is 1. The van der Waals surface area contributed by atoms with Gasteiger partial charge in [-0.25, -0.2) is 14.8 Å². The fraction of sp³-hybridized carbons (Fsp3) is 0.261. The molecular weight excluding hydrogens is 414 g/mol. The molecule has 1 aromatic heterocycles. The van der Waals surface area contributed by atoms with E-state index in [0.29, 0.717) is 10.7 Å². The number of carbonyl (C=O) groups is 1. The second-order valence-electron chi connectivity index (χ2n) is 7.22. The first-order valence-corrected chi connectivity index (χ1v) is 11.1. The Bertz CT molecular complexity index is 1020. The molecule has 0 saturated carbocycles. The van der Waals surface area contributed by atoms with E-state index in [-0.39, 0.29) is 19.1 Å². The Morgan fingerprint density at radius 1 is 1.06 bits per heavy atom. The van der Waals surface area contributed by atoms with Crippen molar-refractivity contribution in [2.24, 2.45) is 0 Å². The number of fused-ring (bicyclic) bond motifs is 3. The molecule has 0 fully saturated rings. The lowest BCUT2D eigenvalue weighted by molar-refractivity contribution is 0.0180. The van der Waals surface area contributed by atoms with Crippen LogP contribution in [0.3, 0.4) is 0 Å². The van der Waals surface area contributed by atoms with E-state index in [2.05, 4.69) is 27.4 Å². The Morgan fingerprint density at radius 2 is 1.65 bits per heavy atom. The van der Waals surface area contributed by atoms with E-state index < -0.39 is 18.3 Å². The van der Waals surface area contributed by atoms with Crippen LogP contribution in [0, 0.1) is 0 Å². The lowest BCUT2D eigenvalue weighted by Crippen LogP contribution is -2.36. The Labute approximate surface area is 184 Å². The molecule has 7 nitrogen and oxygen atoms in total. The van der Waals surface area contributed by atoms with E-state index in [9.17, 15) is 15.0 Å². The van der Waals surface area contributed by atoms with Gasteiger partial charge in [-0.3, -0.25) is 0 Å². The lowest BCUT2D eigenvalue weighted by Gasteiger charge is -2.19. The molecule has 2 aromatic carbocycles. The van der Waals surface area contributed by atoms with Gasteiger partial charge in [0.05, 0.1) is 0 Å². The minimum absolute atomic E-state index is 0.0410. The number of amides is 1. The molecule has 0 bridgehead atoms. The van der Waals surface area contributed by atoms with E-state index in [1.54, 1.807) is 0 Å². The number of ether oxygens (including phenoxy) is 1. The molecule has 1 amide bonds. The average molecular weight is 438 g/mol. The minimum Gasteiger partial charge on any atom is -0.449 e. The zero-order valence-corrected chi connectivity index (χ0v) is 17.7. The number of aliphatic hydroxyl groups excluding tert-OH is 2. The topological polar surface area (TPSA) is 105 Å². The van der Waals surface area contributed by atoms with Crippen LogP contribution in [-0.4, -0.2) is 51.8 Å². The third kappa shape index (κ3) is 4.56. The molecule has 8 heteroatoms. The maximum absolute atomic E-state index is 12.2. The normalized spacial score (nSPS) is 14.4. The first kappa shape index (κ1) is 21.3. The lowest BCUT2D eigenvalue weighted by atomic mass is 9.98. The average Bonchev–Trinajstić information content (AvgIpc) is 3.14. The SMILES string of the molecule is CSc1ncc(C(O)C(O)CNC(=O)OCC2c3ccccc3-c3ccccc32)cn1. The first-order chi connectivity index (χ1) is 15.1. The molecule has 0 radical (unpaired) electrons. The zero-order chi connectivity index (χ0) is 21.8. The molecule has 0 spiro atoms. The van der Waals surface area contributed by atoms with Crippen molar-refractivity contribution in [1.29, 1.82) is 0 Å². The molecular formula is C23H23N3O4S. The van der Waals surface area contributed by atoms with Gasteiger partial charge in [-0.05, 0) is 28.5 Å². The molecule has 31 heavy (non-hydrogen) atoms. The van der Waals surface area contributed by atoms with Crippen molar-refractivity contribution >= 4 is 17.9 Å². The Hall–Kier alpha value is -2.94. The highest BCUT2D eigenvalue weighted by Crippen LogP contribution is 2.44. The number of nitrogens with one attached hydrogen (secondary N) is 1. The Kier molecular flexibility index (Phi) is 6.50. The molecule has 160 valence electrons. The fourth-order valence-electron chi connectivity index (χ4n) is 3.76. The van der Waals surface area contributed by atoms with Gasteiger partial charge in [0.2, 0.25) is 0 Å². The summed E-state index contributed by atoms with van der Waals surface area (Å²) in [6.07, 6.45) is 1.68. The van der Waals surface area contributed by atoms with Crippen LogP contribution in [0.1, 0.15) is 28.7 Å². The van der Waals surface area contributed by atoms with Crippen LogP contribution >= 0.6 is 11.8 Å². The number of carbonyl (C=O) groups excluding carboxylic acids is 1. The van der Waals surface area contributed by atoms with Gasteiger partial charge < -0.3 is 20.3 Å². The first-order valence-electron chi connectivity index (χ1n) is 9.89. The molecule has 2 unspecified atom stereocenters. The summed E-state index contributed by atoms with van der Waals surface area (Å²) in [5.41, 5.74) is 4.93. The van der Waals surface area contributed by atoms with E-state index in [4.69, 9.17) is 4.74 Å². The van der Waals surface area contributed by atoms with E-state index in [0.717, 1.165) is 22.3 Å². The maximum Gasteiger partial charge on any atom is 0.407 e. The molecule has 0 aliphatic heterocycles. The van der Waals surface area contributed by atoms with Crippen molar-refractivity contribution in [3.05, 3.63) is 77.6 Å². The number of aliphatic hydroxyl groups is 2. The summed E-state index contributed by atoms with van der Waals surface area (Å²) < 4.78 is 5.44. The summed E-state index contributed by atoms with van der Waals surface area (Å²) in [6, 6.07) is 16.2. The van der Waals surface area contributed by atoms with E-state index >= 15 is 0 Å². The largest absolute Gasteiger partial charge is 0.449 e. The molecule has 3 N–H and O–H groups in total. The predicted octanol–water partition coefficient (Wildman–Crippen LogP) is 3.13. The van der Waals surface area contributed by atoms with Crippen molar-refractivity contribution in [3.8, 4) is 11.1 Å². The summed E-state index contributed by atoms with van der Waals surface area (Å²) in [4.78, 5) is 20.4. The maximum atomic E-state index is 12.2. The standard InChI is InChI=1S/C23H23N3O4S/c1-31-22-24-10-14(11-25-22)21(28)20(27)12-26-23(29)30-13-19-17-8-4-2-6-15(17)16-7-3-5-9-18(16)19/h2-11,19-21,27-28H,12-13H2,1H3,(H,26,29). The van der Waals surface area contributed by atoms with Gasteiger partial charge in [-0.2, -0.15) is 0 Å². The molecule has 1 aliphatic rings. The summed E-state index contributed by atoms with van der Waals surface area (Å²) in [6.45, 7) is 0.0185.